The van der Waals surface area contributed by atoms with E-state index in [1.165, 1.54) is 5.56 Å². The lowest BCUT2D eigenvalue weighted by Gasteiger charge is -2.07. The molecular weight excluding hydrogens is 330 g/mol. The van der Waals surface area contributed by atoms with Crippen LogP contribution >= 0.6 is 0 Å². The van der Waals surface area contributed by atoms with Crippen molar-refractivity contribution in [3.63, 3.8) is 0 Å². The molecule has 6 heteroatoms. The fraction of sp³-hybridized carbons (Fsp3) is 0.550. The number of hydrogen-bond donors (Lipinski definition) is 1. The molecule has 0 radical (unpaired) electrons. The summed E-state index contributed by atoms with van der Waals surface area (Å²) in [7, 11) is 0. The molecule has 2 rings (SSSR count). The van der Waals surface area contributed by atoms with Crippen molar-refractivity contribution in [1.82, 2.24) is 15.5 Å². The SMILES string of the molecule is CC(C)OCCCNC(=O)CCc1nc(-c2ccc(C(C)C)cc2)no1. The van der Waals surface area contributed by atoms with Crippen molar-refractivity contribution in [3.8, 4) is 11.4 Å². The highest BCUT2D eigenvalue weighted by molar-refractivity contribution is 5.75. The number of carbonyl (C=O) groups excluding carboxylic acids is 1. The standard InChI is InChI=1S/C20H29N3O3/c1-14(2)16-6-8-17(9-7-16)20-22-19(26-23-20)11-10-18(24)21-12-5-13-25-15(3)4/h6-9,14-15H,5,10-13H2,1-4H3,(H,21,24). The highest BCUT2D eigenvalue weighted by atomic mass is 16.5. The third-order valence-corrected chi connectivity index (χ3v) is 3.96. The van der Waals surface area contributed by atoms with Crippen molar-refractivity contribution in [1.29, 1.82) is 0 Å². The van der Waals surface area contributed by atoms with Crippen LogP contribution in [0.2, 0.25) is 0 Å². The molecule has 1 amide bonds. The van der Waals surface area contributed by atoms with E-state index < -0.39 is 0 Å². The van der Waals surface area contributed by atoms with E-state index in [1.54, 1.807) is 0 Å². The molecule has 0 atom stereocenters. The number of aromatic nitrogens is 2. The first-order valence-corrected chi connectivity index (χ1v) is 9.27. The Morgan fingerprint density at radius 3 is 2.58 bits per heavy atom. The molecule has 142 valence electrons. The maximum absolute atomic E-state index is 11.8. The fourth-order valence-electron chi connectivity index (χ4n) is 2.42. The maximum atomic E-state index is 11.8. The minimum atomic E-state index is -0.0180. The van der Waals surface area contributed by atoms with Crippen molar-refractivity contribution in [2.45, 2.75) is 59.0 Å². The molecule has 0 saturated heterocycles. The Morgan fingerprint density at radius 1 is 1.19 bits per heavy atom. The van der Waals surface area contributed by atoms with Crippen LogP contribution in [0.25, 0.3) is 11.4 Å². The van der Waals surface area contributed by atoms with E-state index in [2.05, 4.69) is 41.4 Å². The highest BCUT2D eigenvalue weighted by Gasteiger charge is 2.11. The molecule has 1 aromatic heterocycles. The molecule has 0 aliphatic rings. The predicted molar refractivity (Wildman–Crippen MR) is 101 cm³/mol. The second kappa shape index (κ2) is 10.1. The maximum Gasteiger partial charge on any atom is 0.227 e. The summed E-state index contributed by atoms with van der Waals surface area (Å²) in [4.78, 5) is 16.2. The first-order chi connectivity index (χ1) is 12.5. The third kappa shape index (κ3) is 6.59. The fourth-order valence-corrected chi connectivity index (χ4v) is 2.42. The van der Waals surface area contributed by atoms with Gasteiger partial charge in [0.25, 0.3) is 0 Å². The first-order valence-electron chi connectivity index (χ1n) is 9.27. The van der Waals surface area contributed by atoms with Gasteiger partial charge in [-0.3, -0.25) is 4.79 Å². The van der Waals surface area contributed by atoms with Crippen LogP contribution in [0, 0.1) is 0 Å². The molecule has 1 aromatic carbocycles. The summed E-state index contributed by atoms with van der Waals surface area (Å²) in [5.41, 5.74) is 2.19. The van der Waals surface area contributed by atoms with Crippen molar-refractivity contribution < 1.29 is 14.1 Å². The minimum Gasteiger partial charge on any atom is -0.379 e. The molecule has 1 heterocycles. The van der Waals surface area contributed by atoms with Gasteiger partial charge in [-0.05, 0) is 31.7 Å². The van der Waals surface area contributed by atoms with Gasteiger partial charge in [0, 0.05) is 31.6 Å². The van der Waals surface area contributed by atoms with Crippen LogP contribution in [-0.4, -0.2) is 35.3 Å². The molecule has 26 heavy (non-hydrogen) atoms. The zero-order chi connectivity index (χ0) is 18.9. The quantitative estimate of drug-likeness (QED) is 0.654. The Labute approximate surface area is 155 Å². The number of ether oxygens (including phenoxy) is 1. The van der Waals surface area contributed by atoms with Crippen LogP contribution < -0.4 is 5.32 Å². The van der Waals surface area contributed by atoms with E-state index in [4.69, 9.17) is 9.26 Å². The highest BCUT2D eigenvalue weighted by Crippen LogP contribution is 2.20. The molecule has 0 unspecified atom stereocenters. The van der Waals surface area contributed by atoms with Gasteiger partial charge in [0.1, 0.15) is 0 Å². The molecule has 0 aliphatic carbocycles. The van der Waals surface area contributed by atoms with Crippen molar-refractivity contribution in [3.05, 3.63) is 35.7 Å². The van der Waals surface area contributed by atoms with Gasteiger partial charge in [0.2, 0.25) is 17.6 Å². The van der Waals surface area contributed by atoms with E-state index in [0.29, 0.717) is 43.6 Å². The molecule has 0 aliphatic heterocycles. The van der Waals surface area contributed by atoms with Gasteiger partial charge in [-0.25, -0.2) is 0 Å². The summed E-state index contributed by atoms with van der Waals surface area (Å²) in [6, 6.07) is 8.14. The van der Waals surface area contributed by atoms with Gasteiger partial charge >= 0.3 is 0 Å². The van der Waals surface area contributed by atoms with E-state index in [0.717, 1.165) is 12.0 Å². The summed E-state index contributed by atoms with van der Waals surface area (Å²) in [5.74, 6) is 1.50. The molecular formula is C20H29N3O3. The number of aryl methyl sites for hydroxylation is 1. The lowest BCUT2D eigenvalue weighted by molar-refractivity contribution is -0.121. The average molecular weight is 359 g/mol. The largest absolute Gasteiger partial charge is 0.379 e. The zero-order valence-corrected chi connectivity index (χ0v) is 16.1. The van der Waals surface area contributed by atoms with E-state index in [9.17, 15) is 4.79 Å². The Balaban J connectivity index is 1.75. The second-order valence-corrected chi connectivity index (χ2v) is 6.91. The predicted octanol–water partition coefficient (Wildman–Crippen LogP) is 3.72. The summed E-state index contributed by atoms with van der Waals surface area (Å²) >= 11 is 0. The van der Waals surface area contributed by atoms with Crippen LogP contribution in [0.15, 0.2) is 28.8 Å². The molecule has 0 bridgehead atoms. The molecule has 0 fully saturated rings. The number of hydrogen-bond acceptors (Lipinski definition) is 5. The number of nitrogens with zero attached hydrogens (tertiary/aromatic N) is 2. The lowest BCUT2D eigenvalue weighted by atomic mass is 10.0. The van der Waals surface area contributed by atoms with Crippen molar-refractivity contribution in [2.75, 3.05) is 13.2 Å². The van der Waals surface area contributed by atoms with Crippen LogP contribution in [0.1, 0.15) is 57.9 Å². The van der Waals surface area contributed by atoms with Crippen molar-refractivity contribution >= 4 is 5.91 Å². The molecule has 1 N–H and O–H groups in total. The van der Waals surface area contributed by atoms with Gasteiger partial charge in [0.15, 0.2) is 0 Å². The number of rotatable bonds is 10. The molecule has 6 nitrogen and oxygen atoms in total. The molecule has 0 saturated carbocycles. The van der Waals surface area contributed by atoms with Crippen LogP contribution in [0.5, 0.6) is 0 Å². The van der Waals surface area contributed by atoms with Crippen LogP contribution in [0.3, 0.4) is 0 Å². The summed E-state index contributed by atoms with van der Waals surface area (Å²) in [6.45, 7) is 9.57. The Hall–Kier alpha value is -2.21. The van der Waals surface area contributed by atoms with Gasteiger partial charge in [0.05, 0.1) is 6.10 Å². The number of carbonyl (C=O) groups is 1. The van der Waals surface area contributed by atoms with Crippen LogP contribution in [-0.2, 0) is 16.0 Å². The lowest BCUT2D eigenvalue weighted by Crippen LogP contribution is -2.25. The number of amides is 1. The third-order valence-electron chi connectivity index (χ3n) is 3.96. The summed E-state index contributed by atoms with van der Waals surface area (Å²) < 4.78 is 10.7. The Kier molecular flexibility index (Phi) is 7.78. The second-order valence-electron chi connectivity index (χ2n) is 6.91. The topological polar surface area (TPSA) is 77.2 Å². The molecule has 0 spiro atoms. The van der Waals surface area contributed by atoms with Crippen LogP contribution in [0.4, 0.5) is 0 Å². The number of benzene rings is 1. The average Bonchev–Trinajstić information content (AvgIpc) is 3.08. The van der Waals surface area contributed by atoms with E-state index in [-0.39, 0.29) is 12.0 Å². The van der Waals surface area contributed by atoms with Crippen molar-refractivity contribution in [2.24, 2.45) is 0 Å². The minimum absolute atomic E-state index is 0.0180. The van der Waals surface area contributed by atoms with E-state index >= 15 is 0 Å². The number of nitrogens with one attached hydrogen (secondary N) is 1. The first kappa shape index (κ1) is 20.1. The normalized spacial score (nSPS) is 11.3. The van der Waals surface area contributed by atoms with Gasteiger partial charge in [-0.1, -0.05) is 43.3 Å². The molecule has 2 aromatic rings. The van der Waals surface area contributed by atoms with Gasteiger partial charge < -0.3 is 14.6 Å². The monoisotopic (exact) mass is 359 g/mol. The van der Waals surface area contributed by atoms with Gasteiger partial charge in [-0.2, -0.15) is 4.98 Å². The smallest absolute Gasteiger partial charge is 0.227 e. The van der Waals surface area contributed by atoms with E-state index in [1.807, 2.05) is 26.0 Å². The Bertz CT molecular complexity index is 678. The van der Waals surface area contributed by atoms with Gasteiger partial charge in [-0.15, -0.1) is 0 Å². The summed E-state index contributed by atoms with van der Waals surface area (Å²) in [6.07, 6.45) is 1.80. The summed E-state index contributed by atoms with van der Waals surface area (Å²) in [5, 5.41) is 6.88. The zero-order valence-electron chi connectivity index (χ0n) is 16.1. The Morgan fingerprint density at radius 2 is 1.92 bits per heavy atom.